The molecule has 2 amide bonds. The van der Waals surface area contributed by atoms with E-state index in [9.17, 15) is 18.0 Å². The predicted molar refractivity (Wildman–Crippen MR) is 142 cm³/mol. The molecule has 0 unspecified atom stereocenters. The van der Waals surface area contributed by atoms with Gasteiger partial charge < -0.3 is 15.4 Å². The van der Waals surface area contributed by atoms with Crippen molar-refractivity contribution in [3.63, 3.8) is 0 Å². The summed E-state index contributed by atoms with van der Waals surface area (Å²) >= 11 is 0. The Kier molecular flexibility index (Phi) is 9.04. The minimum Gasteiger partial charge on any atom is -0.439 e. The first kappa shape index (κ1) is 28.6. The summed E-state index contributed by atoms with van der Waals surface area (Å²) in [5, 5.41) is 8.61. The van der Waals surface area contributed by atoms with Gasteiger partial charge in [0.2, 0.25) is 16.6 Å². The highest BCUT2D eigenvalue weighted by atomic mass is 19.4. The molecule has 11 nitrogen and oxygen atoms in total. The first-order chi connectivity index (χ1) is 19.1. The fourth-order valence-electron chi connectivity index (χ4n) is 4.23. The highest BCUT2D eigenvalue weighted by Crippen LogP contribution is 2.32. The minimum absolute atomic E-state index is 0.0486. The number of hydrogen-bond acceptors (Lipinski definition) is 8. The lowest BCUT2D eigenvalue weighted by Gasteiger charge is -2.37. The van der Waals surface area contributed by atoms with Crippen molar-refractivity contribution in [2.45, 2.75) is 32.6 Å². The maximum Gasteiger partial charge on any atom is 0.416 e. The molecule has 0 spiro atoms. The number of piperazine rings is 1. The molecule has 0 bridgehead atoms. The average molecular weight is 557 g/mol. The number of urea groups is 1. The molecule has 1 aromatic heterocycles. The molecule has 210 valence electrons. The van der Waals surface area contributed by atoms with Crippen LogP contribution in [0, 0.1) is 5.53 Å². The number of rotatable bonds is 8. The highest BCUT2D eigenvalue weighted by molar-refractivity contribution is 5.99. The molecular formula is C26H29F3N9O2+. The number of carbonyl (C=O) groups is 1. The fraction of sp³-hybridized carbons (Fsp3) is 0.346. The molecule has 1 aliphatic rings. The van der Waals surface area contributed by atoms with Crippen LogP contribution in [0.15, 0.2) is 60.0 Å². The minimum atomic E-state index is -4.55. The second kappa shape index (κ2) is 12.6. The summed E-state index contributed by atoms with van der Waals surface area (Å²) in [4.78, 5) is 27.7. The van der Waals surface area contributed by atoms with Gasteiger partial charge in [-0.1, -0.05) is 0 Å². The number of anilines is 2. The van der Waals surface area contributed by atoms with Gasteiger partial charge in [-0.3, -0.25) is 9.80 Å². The first-order valence-electron chi connectivity index (χ1n) is 12.5. The summed E-state index contributed by atoms with van der Waals surface area (Å²) in [6.45, 7) is 7.82. The number of halogens is 3. The number of alkyl halides is 3. The maximum atomic E-state index is 13.6. The number of carbonyl (C=O) groups excluding carboxylic acids is 1. The molecule has 4 rings (SSSR count). The Hall–Kier alpha value is -4.39. The molecule has 2 heterocycles. The lowest BCUT2D eigenvalue weighted by Crippen LogP contribution is -2.48. The second-order valence-corrected chi connectivity index (χ2v) is 9.44. The van der Waals surface area contributed by atoms with Crippen LogP contribution in [0.25, 0.3) is 0 Å². The lowest BCUT2D eigenvalue weighted by molar-refractivity contribution is -0.137. The normalized spacial score (nSPS) is 14.4. The van der Waals surface area contributed by atoms with Crippen LogP contribution in [-0.2, 0) is 12.7 Å². The molecule has 0 atom stereocenters. The van der Waals surface area contributed by atoms with Crippen LogP contribution in [0.4, 0.5) is 35.2 Å². The summed E-state index contributed by atoms with van der Waals surface area (Å²) in [6, 6.07) is 11.0. The second-order valence-electron chi connectivity index (χ2n) is 9.44. The van der Waals surface area contributed by atoms with Gasteiger partial charge >= 0.3 is 12.2 Å². The summed E-state index contributed by atoms with van der Waals surface area (Å²) in [5.41, 5.74) is 6.86. The number of hydrogen-bond donors (Lipinski definition) is 3. The van der Waals surface area contributed by atoms with Gasteiger partial charge in [0.05, 0.1) is 11.6 Å². The third-order valence-corrected chi connectivity index (χ3v) is 6.24. The van der Waals surface area contributed by atoms with Gasteiger partial charge in [-0.2, -0.15) is 13.2 Å². The molecular weight excluding hydrogens is 527 g/mol. The topological polar surface area (TPSA) is 133 Å². The smallest absolute Gasteiger partial charge is 0.416 e. The zero-order valence-corrected chi connectivity index (χ0v) is 21.9. The number of benzene rings is 2. The van der Waals surface area contributed by atoms with E-state index in [1.807, 2.05) is 0 Å². The van der Waals surface area contributed by atoms with Crippen LogP contribution < -0.4 is 20.3 Å². The predicted octanol–water partition coefficient (Wildman–Crippen LogP) is 5.64. The van der Waals surface area contributed by atoms with Crippen molar-refractivity contribution in [3.05, 3.63) is 66.0 Å². The van der Waals surface area contributed by atoms with Crippen LogP contribution >= 0.6 is 0 Å². The van der Waals surface area contributed by atoms with Crippen LogP contribution in [0.1, 0.15) is 25.0 Å². The molecule has 2 aromatic carbocycles. The molecule has 14 heteroatoms. The molecule has 1 aliphatic heterocycles. The Balaban J connectivity index is 1.39. The van der Waals surface area contributed by atoms with Crippen molar-refractivity contribution < 1.29 is 22.7 Å². The van der Waals surface area contributed by atoms with Gasteiger partial charge in [0, 0.05) is 50.1 Å². The number of ether oxygens (including phenoxy) is 1. The van der Waals surface area contributed by atoms with E-state index in [4.69, 9.17) is 10.3 Å². The van der Waals surface area contributed by atoms with Crippen LogP contribution in [-0.4, -0.2) is 58.0 Å². The van der Waals surface area contributed by atoms with Crippen LogP contribution in [0.3, 0.4) is 0 Å². The van der Waals surface area contributed by atoms with Gasteiger partial charge in [0.15, 0.2) is 5.11 Å². The monoisotopic (exact) mass is 556 g/mol. The van der Waals surface area contributed by atoms with E-state index in [0.717, 1.165) is 38.3 Å². The Morgan fingerprint density at radius 3 is 2.40 bits per heavy atom. The molecule has 0 aliphatic carbocycles. The van der Waals surface area contributed by atoms with Gasteiger partial charge in [0.25, 0.3) is 0 Å². The van der Waals surface area contributed by atoms with E-state index in [1.54, 1.807) is 30.3 Å². The van der Waals surface area contributed by atoms with Crippen molar-refractivity contribution in [3.8, 4) is 11.6 Å². The quantitative estimate of drug-likeness (QED) is 0.243. The number of nitrogens with one attached hydrogen (secondary N) is 3. The molecule has 0 saturated carbocycles. The van der Waals surface area contributed by atoms with E-state index in [1.165, 1.54) is 12.4 Å². The number of nitrogens with zero attached hydrogens (tertiary/aromatic N) is 6. The van der Waals surface area contributed by atoms with E-state index in [0.29, 0.717) is 29.6 Å². The van der Waals surface area contributed by atoms with Gasteiger partial charge in [-0.05, 0) is 61.9 Å². The summed E-state index contributed by atoms with van der Waals surface area (Å²) < 4.78 is 46.5. The third kappa shape index (κ3) is 8.06. The van der Waals surface area contributed by atoms with Crippen molar-refractivity contribution in [1.82, 2.24) is 24.7 Å². The Morgan fingerprint density at radius 1 is 1.05 bits per heavy atom. The maximum absolute atomic E-state index is 13.6. The third-order valence-electron chi connectivity index (χ3n) is 6.24. The van der Waals surface area contributed by atoms with Gasteiger partial charge in [0.1, 0.15) is 17.6 Å². The first-order valence-corrected chi connectivity index (χ1v) is 12.5. The Labute approximate surface area is 228 Å². The zero-order valence-electron chi connectivity index (χ0n) is 21.9. The van der Waals surface area contributed by atoms with Crippen molar-refractivity contribution in [1.29, 1.82) is 5.53 Å². The van der Waals surface area contributed by atoms with Gasteiger partial charge in [-0.25, -0.2) is 14.8 Å². The standard InChI is InChI=1S/C26H28F3N9O2/c1-17(2)38-9-7-37(8-10-38)15-18-11-19(26(27,28)29)13-21(12-18)34-25(39)33-20-3-5-22(6-4-20)40-24-14-23(35-36-30)31-16-32-24/h3-6,11-14,16-17,30H,7-10,15H2,1-2H3,(H-,33,34,39)/p+1. The average Bonchev–Trinajstić information content (AvgIpc) is 2.90. The summed E-state index contributed by atoms with van der Waals surface area (Å²) in [7, 11) is 0. The molecule has 3 N–H and O–H groups in total. The summed E-state index contributed by atoms with van der Waals surface area (Å²) in [6.07, 6.45) is -3.34. The Bertz CT molecular complexity index is 1370. The number of aromatic nitrogens is 2. The van der Waals surface area contributed by atoms with Crippen molar-refractivity contribution in [2.75, 3.05) is 36.8 Å². The van der Waals surface area contributed by atoms with E-state index < -0.39 is 17.8 Å². The number of amides is 2. The van der Waals surface area contributed by atoms with Gasteiger partial charge in [-0.15, -0.1) is 0 Å². The molecule has 1 saturated heterocycles. The zero-order chi connectivity index (χ0) is 28.7. The summed E-state index contributed by atoms with van der Waals surface area (Å²) in [5.74, 6) is 0.731. The van der Waals surface area contributed by atoms with Crippen molar-refractivity contribution >= 4 is 23.2 Å². The Morgan fingerprint density at radius 2 is 1.75 bits per heavy atom. The fourth-order valence-corrected chi connectivity index (χ4v) is 4.23. The van der Waals surface area contributed by atoms with Crippen LogP contribution in [0.2, 0.25) is 0 Å². The molecule has 40 heavy (non-hydrogen) atoms. The largest absolute Gasteiger partial charge is 0.439 e. The molecule has 3 aromatic rings. The molecule has 1 fully saturated rings. The van der Waals surface area contributed by atoms with E-state index >= 15 is 0 Å². The highest BCUT2D eigenvalue weighted by Gasteiger charge is 2.31. The SMILES string of the molecule is CC(C)N1CCN(Cc2cc(NC(=O)Nc3ccc(Oc4cc(N=[N+]=N)ncn4)cc3)cc(C(F)(F)F)c2)CC1. The molecule has 0 radical (unpaired) electrons. The van der Waals surface area contributed by atoms with Crippen LogP contribution in [0.5, 0.6) is 11.6 Å². The van der Waals surface area contributed by atoms with E-state index in [-0.39, 0.29) is 17.4 Å². The lowest BCUT2D eigenvalue weighted by atomic mass is 10.1. The van der Waals surface area contributed by atoms with Crippen molar-refractivity contribution in [2.24, 2.45) is 5.11 Å². The van der Waals surface area contributed by atoms with E-state index in [2.05, 4.69) is 54.3 Å².